The number of rotatable bonds is 2. The van der Waals surface area contributed by atoms with Crippen molar-refractivity contribution in [3.05, 3.63) is 27.7 Å². The van der Waals surface area contributed by atoms with E-state index in [-0.39, 0.29) is 0 Å². The fourth-order valence-corrected chi connectivity index (χ4v) is 1.41. The summed E-state index contributed by atoms with van der Waals surface area (Å²) >= 11 is 3.49. The van der Waals surface area contributed by atoms with Crippen LogP contribution in [0.15, 0.2) is 16.6 Å². The lowest BCUT2D eigenvalue weighted by atomic mass is 10.1. The zero-order valence-electron chi connectivity index (χ0n) is 7.73. The van der Waals surface area contributed by atoms with Gasteiger partial charge >= 0.3 is 0 Å². The average molecular weight is 239 g/mol. The summed E-state index contributed by atoms with van der Waals surface area (Å²) < 4.78 is 6.44. The summed E-state index contributed by atoms with van der Waals surface area (Å²) in [6.07, 6.45) is 5.11. The standard InChI is InChI=1S/C11H11BrO/c1-4-7-13-10-6-5-8(2)11(12)9(10)3/h1,5-6H,7H2,2-3H3. The predicted molar refractivity (Wildman–Crippen MR) is 57.9 cm³/mol. The van der Waals surface area contributed by atoms with Crippen molar-refractivity contribution in [3.8, 4) is 18.1 Å². The van der Waals surface area contributed by atoms with Crippen LogP contribution < -0.4 is 4.74 Å². The van der Waals surface area contributed by atoms with E-state index >= 15 is 0 Å². The number of ether oxygens (including phenoxy) is 1. The molecule has 2 heteroatoms. The van der Waals surface area contributed by atoms with Crippen LogP contribution >= 0.6 is 15.9 Å². The Bertz CT molecular complexity index is 350. The normalized spacial score (nSPS) is 9.38. The first-order valence-electron chi connectivity index (χ1n) is 3.98. The van der Waals surface area contributed by atoms with Crippen molar-refractivity contribution in [1.82, 2.24) is 0 Å². The van der Waals surface area contributed by atoms with Gasteiger partial charge in [0, 0.05) is 10.0 Å². The fraction of sp³-hybridized carbons (Fsp3) is 0.273. The molecule has 0 aliphatic heterocycles. The molecule has 0 spiro atoms. The lowest BCUT2D eigenvalue weighted by molar-refractivity contribution is 0.367. The lowest BCUT2D eigenvalue weighted by Crippen LogP contribution is -1.96. The van der Waals surface area contributed by atoms with Crippen molar-refractivity contribution in [2.45, 2.75) is 13.8 Å². The lowest BCUT2D eigenvalue weighted by Gasteiger charge is -2.09. The summed E-state index contributed by atoms with van der Waals surface area (Å²) in [6.45, 7) is 4.36. The van der Waals surface area contributed by atoms with Crippen molar-refractivity contribution < 1.29 is 4.74 Å². The van der Waals surface area contributed by atoms with E-state index in [0.717, 1.165) is 15.8 Å². The Balaban J connectivity index is 2.98. The summed E-state index contributed by atoms with van der Waals surface area (Å²) in [6, 6.07) is 3.94. The van der Waals surface area contributed by atoms with Gasteiger partial charge in [-0.15, -0.1) is 6.42 Å². The number of terminal acetylenes is 1. The van der Waals surface area contributed by atoms with Crippen LogP contribution in [-0.4, -0.2) is 6.61 Å². The smallest absolute Gasteiger partial charge is 0.148 e. The van der Waals surface area contributed by atoms with Crippen LogP contribution in [0.4, 0.5) is 0 Å². The van der Waals surface area contributed by atoms with Gasteiger partial charge in [-0.25, -0.2) is 0 Å². The minimum atomic E-state index is 0.316. The predicted octanol–water partition coefficient (Wildman–Crippen LogP) is 3.08. The number of aryl methyl sites for hydroxylation is 1. The topological polar surface area (TPSA) is 9.23 Å². The first-order valence-corrected chi connectivity index (χ1v) is 4.78. The second-order valence-corrected chi connectivity index (χ2v) is 3.61. The van der Waals surface area contributed by atoms with E-state index in [1.165, 1.54) is 5.56 Å². The second-order valence-electron chi connectivity index (χ2n) is 2.81. The third-order valence-electron chi connectivity index (χ3n) is 1.84. The van der Waals surface area contributed by atoms with Gasteiger partial charge in [0.05, 0.1) is 0 Å². The highest BCUT2D eigenvalue weighted by Crippen LogP contribution is 2.28. The van der Waals surface area contributed by atoms with Gasteiger partial charge in [0.15, 0.2) is 0 Å². The third-order valence-corrected chi connectivity index (χ3v) is 3.06. The van der Waals surface area contributed by atoms with Crippen LogP contribution in [0.5, 0.6) is 5.75 Å². The van der Waals surface area contributed by atoms with Gasteiger partial charge in [0.1, 0.15) is 12.4 Å². The van der Waals surface area contributed by atoms with Crippen molar-refractivity contribution in [3.63, 3.8) is 0 Å². The van der Waals surface area contributed by atoms with Gasteiger partial charge in [0.25, 0.3) is 0 Å². The van der Waals surface area contributed by atoms with Crippen LogP contribution in [0.1, 0.15) is 11.1 Å². The van der Waals surface area contributed by atoms with Crippen LogP contribution in [0, 0.1) is 26.2 Å². The highest BCUT2D eigenvalue weighted by atomic mass is 79.9. The van der Waals surface area contributed by atoms with E-state index < -0.39 is 0 Å². The van der Waals surface area contributed by atoms with Crippen LogP contribution in [0.2, 0.25) is 0 Å². The molecule has 0 saturated heterocycles. The van der Waals surface area contributed by atoms with E-state index in [0.29, 0.717) is 6.61 Å². The van der Waals surface area contributed by atoms with E-state index in [1.807, 2.05) is 26.0 Å². The highest BCUT2D eigenvalue weighted by molar-refractivity contribution is 9.10. The van der Waals surface area contributed by atoms with Gasteiger partial charge in [-0.05, 0) is 25.5 Å². The van der Waals surface area contributed by atoms with E-state index in [2.05, 4.69) is 21.9 Å². The van der Waals surface area contributed by atoms with Crippen molar-refractivity contribution in [2.24, 2.45) is 0 Å². The summed E-state index contributed by atoms with van der Waals surface area (Å²) in [5.74, 6) is 3.28. The molecule has 1 nitrogen and oxygen atoms in total. The molecule has 1 rings (SSSR count). The van der Waals surface area contributed by atoms with Gasteiger partial charge in [0.2, 0.25) is 0 Å². The zero-order valence-corrected chi connectivity index (χ0v) is 9.31. The van der Waals surface area contributed by atoms with E-state index in [9.17, 15) is 0 Å². The molecule has 0 radical (unpaired) electrons. The van der Waals surface area contributed by atoms with Crippen molar-refractivity contribution in [1.29, 1.82) is 0 Å². The molecule has 13 heavy (non-hydrogen) atoms. The van der Waals surface area contributed by atoms with Gasteiger partial charge in [-0.1, -0.05) is 27.9 Å². The molecular formula is C11H11BrO. The van der Waals surface area contributed by atoms with Gasteiger partial charge in [-0.3, -0.25) is 0 Å². The Labute approximate surface area is 87.2 Å². The maximum Gasteiger partial charge on any atom is 0.148 e. The van der Waals surface area contributed by atoms with Gasteiger partial charge in [-0.2, -0.15) is 0 Å². The largest absolute Gasteiger partial charge is 0.481 e. The Morgan fingerprint density at radius 3 is 2.77 bits per heavy atom. The molecule has 1 aromatic rings. The molecule has 0 heterocycles. The maximum atomic E-state index is 5.36. The molecule has 0 N–H and O–H groups in total. The molecule has 68 valence electrons. The molecule has 0 unspecified atom stereocenters. The SMILES string of the molecule is C#CCOc1ccc(C)c(Br)c1C. The Morgan fingerprint density at radius 1 is 1.46 bits per heavy atom. The number of benzene rings is 1. The molecule has 0 amide bonds. The Kier molecular flexibility index (Phi) is 3.39. The Hall–Kier alpha value is -0.940. The van der Waals surface area contributed by atoms with Gasteiger partial charge < -0.3 is 4.74 Å². The summed E-state index contributed by atoms with van der Waals surface area (Å²) in [4.78, 5) is 0. The first kappa shape index (κ1) is 10.1. The second kappa shape index (κ2) is 4.34. The molecule has 0 aliphatic carbocycles. The van der Waals surface area contributed by atoms with Crippen LogP contribution in [0.25, 0.3) is 0 Å². The quantitative estimate of drug-likeness (QED) is 0.720. The van der Waals surface area contributed by atoms with Crippen molar-refractivity contribution in [2.75, 3.05) is 6.61 Å². The zero-order chi connectivity index (χ0) is 9.84. The molecule has 0 saturated carbocycles. The molecule has 0 fully saturated rings. The Morgan fingerprint density at radius 2 is 2.15 bits per heavy atom. The molecular weight excluding hydrogens is 228 g/mol. The molecule has 1 aromatic carbocycles. The molecule has 0 aromatic heterocycles. The molecule has 0 aliphatic rings. The monoisotopic (exact) mass is 238 g/mol. The number of halogens is 1. The average Bonchev–Trinajstić information content (AvgIpc) is 2.13. The van der Waals surface area contributed by atoms with E-state index in [1.54, 1.807) is 0 Å². The molecule has 0 bridgehead atoms. The minimum absolute atomic E-state index is 0.316. The first-order chi connectivity index (χ1) is 6.16. The molecule has 0 atom stereocenters. The third kappa shape index (κ3) is 2.26. The number of hydrogen-bond acceptors (Lipinski definition) is 1. The van der Waals surface area contributed by atoms with E-state index in [4.69, 9.17) is 11.2 Å². The fourth-order valence-electron chi connectivity index (χ4n) is 1.08. The van der Waals surface area contributed by atoms with Crippen LogP contribution in [0.3, 0.4) is 0 Å². The summed E-state index contributed by atoms with van der Waals surface area (Å²) in [5.41, 5.74) is 2.29. The maximum absolute atomic E-state index is 5.36. The highest BCUT2D eigenvalue weighted by Gasteiger charge is 2.04. The van der Waals surface area contributed by atoms with Crippen LogP contribution in [-0.2, 0) is 0 Å². The minimum Gasteiger partial charge on any atom is -0.481 e. The summed E-state index contributed by atoms with van der Waals surface area (Å²) in [7, 11) is 0. The summed E-state index contributed by atoms with van der Waals surface area (Å²) in [5, 5.41) is 0. The van der Waals surface area contributed by atoms with Crippen molar-refractivity contribution >= 4 is 15.9 Å². The number of hydrogen-bond donors (Lipinski definition) is 0.